The Bertz CT molecular complexity index is 465. The summed E-state index contributed by atoms with van der Waals surface area (Å²) in [6, 6.07) is 7.58. The average Bonchev–Trinajstić information content (AvgIpc) is 2.37. The van der Waals surface area contributed by atoms with Crippen molar-refractivity contribution < 1.29 is 8.42 Å². The SMILES string of the molecule is CCCCCC(NCC)c1ccc(S(C)(=O)=O)cc1. The molecule has 1 atom stereocenters. The molecule has 0 fully saturated rings. The van der Waals surface area contributed by atoms with Gasteiger partial charge in [0.05, 0.1) is 4.90 Å². The van der Waals surface area contributed by atoms with Crippen LogP contribution in [0.4, 0.5) is 0 Å². The predicted molar refractivity (Wildman–Crippen MR) is 80.1 cm³/mol. The second kappa shape index (κ2) is 7.65. The predicted octanol–water partition coefficient (Wildman–Crippen LogP) is 3.32. The molecular formula is C15H25NO2S. The number of nitrogens with one attached hydrogen (secondary N) is 1. The summed E-state index contributed by atoms with van der Waals surface area (Å²) >= 11 is 0. The molecule has 4 heteroatoms. The fourth-order valence-electron chi connectivity index (χ4n) is 2.18. The number of rotatable bonds is 8. The maximum Gasteiger partial charge on any atom is 0.175 e. The molecule has 3 nitrogen and oxygen atoms in total. The van der Waals surface area contributed by atoms with Gasteiger partial charge in [0.25, 0.3) is 0 Å². The van der Waals surface area contributed by atoms with E-state index in [-0.39, 0.29) is 0 Å². The van der Waals surface area contributed by atoms with E-state index in [4.69, 9.17) is 0 Å². The number of sulfone groups is 1. The van der Waals surface area contributed by atoms with Crippen LogP contribution in [0.15, 0.2) is 29.2 Å². The first-order chi connectivity index (χ1) is 8.99. The molecule has 0 aliphatic rings. The Labute approximate surface area is 117 Å². The molecule has 1 aromatic carbocycles. The second-order valence-corrected chi connectivity index (χ2v) is 6.96. The van der Waals surface area contributed by atoms with Crippen LogP contribution in [0.25, 0.3) is 0 Å². The lowest BCUT2D eigenvalue weighted by molar-refractivity contribution is 0.486. The van der Waals surface area contributed by atoms with Crippen LogP contribution in [-0.4, -0.2) is 21.2 Å². The molecule has 19 heavy (non-hydrogen) atoms. The highest BCUT2D eigenvalue weighted by Gasteiger charge is 2.12. The van der Waals surface area contributed by atoms with Gasteiger partial charge in [0.15, 0.2) is 9.84 Å². The topological polar surface area (TPSA) is 46.2 Å². The maximum absolute atomic E-state index is 11.4. The van der Waals surface area contributed by atoms with Gasteiger partial charge in [-0.3, -0.25) is 0 Å². The maximum atomic E-state index is 11.4. The van der Waals surface area contributed by atoms with Crippen LogP contribution in [0.3, 0.4) is 0 Å². The minimum Gasteiger partial charge on any atom is -0.310 e. The van der Waals surface area contributed by atoms with Crippen molar-refractivity contribution in [2.45, 2.75) is 50.5 Å². The van der Waals surface area contributed by atoms with Crippen molar-refractivity contribution in [2.24, 2.45) is 0 Å². The van der Waals surface area contributed by atoms with Gasteiger partial charge in [-0.25, -0.2) is 8.42 Å². The van der Waals surface area contributed by atoms with E-state index in [1.807, 2.05) is 12.1 Å². The third-order valence-electron chi connectivity index (χ3n) is 3.26. The molecule has 0 aliphatic heterocycles. The third-order valence-corrected chi connectivity index (χ3v) is 4.39. The van der Waals surface area contributed by atoms with E-state index >= 15 is 0 Å². The highest BCUT2D eigenvalue weighted by atomic mass is 32.2. The minimum atomic E-state index is -3.10. The van der Waals surface area contributed by atoms with Crippen molar-refractivity contribution in [2.75, 3.05) is 12.8 Å². The summed E-state index contributed by atoms with van der Waals surface area (Å²) < 4.78 is 22.9. The van der Waals surface area contributed by atoms with E-state index in [1.165, 1.54) is 31.1 Å². The first kappa shape index (κ1) is 16.2. The number of hydrogen-bond acceptors (Lipinski definition) is 3. The highest BCUT2D eigenvalue weighted by Crippen LogP contribution is 2.21. The summed E-state index contributed by atoms with van der Waals surface area (Å²) in [5.41, 5.74) is 1.17. The number of unbranched alkanes of at least 4 members (excludes halogenated alkanes) is 2. The van der Waals surface area contributed by atoms with Crippen LogP contribution in [-0.2, 0) is 9.84 Å². The molecule has 0 spiro atoms. The summed E-state index contributed by atoms with van der Waals surface area (Å²) in [6.45, 7) is 5.21. The number of hydrogen-bond donors (Lipinski definition) is 1. The molecule has 1 N–H and O–H groups in total. The fourth-order valence-corrected chi connectivity index (χ4v) is 2.81. The first-order valence-corrected chi connectivity index (χ1v) is 8.91. The van der Waals surface area contributed by atoms with E-state index in [9.17, 15) is 8.42 Å². The van der Waals surface area contributed by atoms with Crippen molar-refractivity contribution in [1.29, 1.82) is 0 Å². The Balaban J connectivity index is 2.79. The fraction of sp³-hybridized carbons (Fsp3) is 0.600. The zero-order chi connectivity index (χ0) is 14.3. The lowest BCUT2D eigenvalue weighted by atomic mass is 10.0. The van der Waals surface area contributed by atoms with Crippen molar-refractivity contribution in [3.8, 4) is 0 Å². The van der Waals surface area contributed by atoms with Crippen LogP contribution < -0.4 is 5.32 Å². The Kier molecular flexibility index (Phi) is 6.52. The molecule has 0 aromatic heterocycles. The molecule has 0 aliphatic carbocycles. The van der Waals surface area contributed by atoms with Gasteiger partial charge in [-0.1, -0.05) is 45.2 Å². The lowest BCUT2D eigenvalue weighted by Crippen LogP contribution is -2.20. The number of benzene rings is 1. The van der Waals surface area contributed by atoms with Crippen LogP contribution in [0.1, 0.15) is 51.1 Å². The highest BCUT2D eigenvalue weighted by molar-refractivity contribution is 7.90. The summed E-state index contributed by atoms with van der Waals surface area (Å²) in [6.07, 6.45) is 5.99. The molecule has 0 saturated heterocycles. The molecule has 108 valence electrons. The van der Waals surface area contributed by atoms with E-state index in [1.54, 1.807) is 12.1 Å². The normalized spacial score (nSPS) is 13.4. The molecule has 1 rings (SSSR count). The van der Waals surface area contributed by atoms with Crippen molar-refractivity contribution in [3.05, 3.63) is 29.8 Å². The van der Waals surface area contributed by atoms with Crippen molar-refractivity contribution >= 4 is 9.84 Å². The van der Waals surface area contributed by atoms with Gasteiger partial charge in [0.1, 0.15) is 0 Å². The molecule has 0 bridgehead atoms. The molecule has 0 amide bonds. The van der Waals surface area contributed by atoms with E-state index in [2.05, 4.69) is 19.2 Å². The Hall–Kier alpha value is -0.870. The Morgan fingerprint density at radius 3 is 2.21 bits per heavy atom. The summed E-state index contributed by atoms with van der Waals surface area (Å²) in [7, 11) is -3.10. The third kappa shape index (κ3) is 5.33. The van der Waals surface area contributed by atoms with Crippen molar-refractivity contribution in [3.63, 3.8) is 0 Å². The smallest absolute Gasteiger partial charge is 0.175 e. The van der Waals surface area contributed by atoms with Gasteiger partial charge in [-0.2, -0.15) is 0 Å². The van der Waals surface area contributed by atoms with E-state index in [0.29, 0.717) is 10.9 Å². The zero-order valence-corrected chi connectivity index (χ0v) is 13.0. The monoisotopic (exact) mass is 283 g/mol. The molecule has 1 aromatic rings. The molecule has 0 radical (unpaired) electrons. The average molecular weight is 283 g/mol. The molecule has 0 saturated carbocycles. The Morgan fingerprint density at radius 2 is 1.74 bits per heavy atom. The lowest BCUT2D eigenvalue weighted by Gasteiger charge is -2.18. The summed E-state index contributed by atoms with van der Waals surface area (Å²) in [5, 5.41) is 3.47. The van der Waals surface area contributed by atoms with Crippen LogP contribution in [0, 0.1) is 0 Å². The standard InChI is InChI=1S/C15H25NO2S/c1-4-6-7-8-15(16-5-2)13-9-11-14(12-10-13)19(3,17)18/h9-12,15-16H,4-8H2,1-3H3. The molecule has 0 heterocycles. The largest absolute Gasteiger partial charge is 0.310 e. The zero-order valence-electron chi connectivity index (χ0n) is 12.1. The van der Waals surface area contributed by atoms with Gasteiger partial charge in [-0.15, -0.1) is 0 Å². The molecular weight excluding hydrogens is 258 g/mol. The Morgan fingerprint density at radius 1 is 1.11 bits per heavy atom. The summed E-state index contributed by atoms with van der Waals surface area (Å²) in [5.74, 6) is 0. The minimum absolute atomic E-state index is 0.324. The quantitative estimate of drug-likeness (QED) is 0.744. The van der Waals surface area contributed by atoms with Gasteiger partial charge in [0.2, 0.25) is 0 Å². The second-order valence-electron chi connectivity index (χ2n) is 4.95. The van der Waals surface area contributed by atoms with Crippen LogP contribution in [0.5, 0.6) is 0 Å². The van der Waals surface area contributed by atoms with Gasteiger partial charge >= 0.3 is 0 Å². The van der Waals surface area contributed by atoms with Gasteiger partial charge in [-0.05, 0) is 30.7 Å². The van der Waals surface area contributed by atoms with Crippen molar-refractivity contribution in [1.82, 2.24) is 5.32 Å². The van der Waals surface area contributed by atoms with E-state index < -0.39 is 9.84 Å². The van der Waals surface area contributed by atoms with Crippen LogP contribution >= 0.6 is 0 Å². The van der Waals surface area contributed by atoms with E-state index in [0.717, 1.165) is 13.0 Å². The van der Waals surface area contributed by atoms with Gasteiger partial charge in [0, 0.05) is 12.3 Å². The summed E-state index contributed by atoms with van der Waals surface area (Å²) in [4.78, 5) is 0.389. The van der Waals surface area contributed by atoms with Gasteiger partial charge < -0.3 is 5.32 Å². The first-order valence-electron chi connectivity index (χ1n) is 7.02. The molecule has 1 unspecified atom stereocenters. The van der Waals surface area contributed by atoms with Crippen LogP contribution in [0.2, 0.25) is 0 Å².